The Labute approximate surface area is 96.2 Å². The zero-order valence-corrected chi connectivity index (χ0v) is 9.02. The maximum Gasteiger partial charge on any atom is 0.273 e. The lowest BCUT2D eigenvalue weighted by Crippen LogP contribution is -2.44. The first kappa shape index (κ1) is 11.5. The van der Waals surface area contributed by atoms with E-state index in [9.17, 15) is 9.90 Å². The number of hydrazine groups is 1. The molecule has 1 aromatic rings. The molecule has 0 heterocycles. The summed E-state index contributed by atoms with van der Waals surface area (Å²) < 4.78 is 0. The Hall–Kier alpha value is -1.53. The van der Waals surface area contributed by atoms with Gasteiger partial charge < -0.3 is 10.8 Å². The average molecular weight is 246 g/mol. The molecule has 15 heavy (non-hydrogen) atoms. The number of amides is 1. The van der Waals surface area contributed by atoms with Crippen LogP contribution in [0.15, 0.2) is 18.2 Å². The number of halogens is 1. The van der Waals surface area contributed by atoms with Crippen molar-refractivity contribution in [2.45, 2.75) is 0 Å². The molecule has 0 atom stereocenters. The number of hydrogen-bond donors (Lipinski definition) is 4. The van der Waals surface area contributed by atoms with Crippen molar-refractivity contribution >= 4 is 34.8 Å². The number of aromatic hydroxyl groups is 1. The smallest absolute Gasteiger partial charge is 0.273 e. The van der Waals surface area contributed by atoms with Crippen LogP contribution in [0.3, 0.4) is 0 Å². The van der Waals surface area contributed by atoms with Gasteiger partial charge in [-0.2, -0.15) is 0 Å². The standard InChI is InChI=1S/C8H8ClN3O2S/c9-4-1-2-5(6(13)3-4)7(14)11-12-8(10)15/h1-3,13H,(H,11,14)(H3,10,12,15). The van der Waals surface area contributed by atoms with Crippen LogP contribution < -0.4 is 16.6 Å². The molecule has 1 rings (SSSR count). The number of phenols is 1. The van der Waals surface area contributed by atoms with Gasteiger partial charge in [-0.15, -0.1) is 0 Å². The fraction of sp³-hybridized carbons (Fsp3) is 0. The van der Waals surface area contributed by atoms with Gasteiger partial charge in [0.05, 0.1) is 5.56 Å². The second kappa shape index (κ2) is 4.81. The topological polar surface area (TPSA) is 87.4 Å². The summed E-state index contributed by atoms with van der Waals surface area (Å²) in [6.45, 7) is 0. The highest BCUT2D eigenvalue weighted by molar-refractivity contribution is 7.80. The van der Waals surface area contributed by atoms with Crippen molar-refractivity contribution in [3.63, 3.8) is 0 Å². The molecular formula is C8H8ClN3O2S. The lowest BCUT2D eigenvalue weighted by molar-refractivity contribution is 0.0941. The summed E-state index contributed by atoms with van der Waals surface area (Å²) >= 11 is 10.1. The number of nitrogens with one attached hydrogen (secondary N) is 2. The minimum atomic E-state index is -0.558. The van der Waals surface area contributed by atoms with Gasteiger partial charge in [-0.05, 0) is 30.4 Å². The van der Waals surface area contributed by atoms with E-state index < -0.39 is 5.91 Å². The third-order valence-electron chi connectivity index (χ3n) is 1.50. The highest BCUT2D eigenvalue weighted by Gasteiger charge is 2.10. The summed E-state index contributed by atoms with van der Waals surface area (Å²) in [6.07, 6.45) is 0. The molecule has 0 aromatic heterocycles. The van der Waals surface area contributed by atoms with Gasteiger partial charge in [0.1, 0.15) is 5.75 Å². The van der Waals surface area contributed by atoms with Gasteiger partial charge in [-0.1, -0.05) is 11.6 Å². The van der Waals surface area contributed by atoms with Crippen LogP contribution in [0.1, 0.15) is 10.4 Å². The second-order valence-electron chi connectivity index (χ2n) is 2.60. The molecular weight excluding hydrogens is 238 g/mol. The van der Waals surface area contributed by atoms with Crippen LogP contribution >= 0.6 is 23.8 Å². The van der Waals surface area contributed by atoms with Crippen LogP contribution in [0.2, 0.25) is 5.02 Å². The van der Waals surface area contributed by atoms with Gasteiger partial charge >= 0.3 is 0 Å². The van der Waals surface area contributed by atoms with Crippen LogP contribution in [-0.2, 0) is 0 Å². The number of carbonyl (C=O) groups is 1. The van der Waals surface area contributed by atoms with Crippen molar-refractivity contribution in [2.75, 3.05) is 0 Å². The van der Waals surface area contributed by atoms with Crippen molar-refractivity contribution in [3.8, 4) is 5.75 Å². The maximum atomic E-state index is 11.4. The Balaban J connectivity index is 2.78. The highest BCUT2D eigenvalue weighted by atomic mass is 35.5. The molecule has 5 N–H and O–H groups in total. The van der Waals surface area contributed by atoms with E-state index in [2.05, 4.69) is 23.1 Å². The third kappa shape index (κ3) is 3.26. The van der Waals surface area contributed by atoms with Gasteiger partial charge in [0.25, 0.3) is 5.91 Å². The lowest BCUT2D eigenvalue weighted by Gasteiger charge is -2.07. The molecule has 80 valence electrons. The van der Waals surface area contributed by atoms with Crippen LogP contribution in [0.5, 0.6) is 5.75 Å². The molecule has 7 heteroatoms. The molecule has 0 saturated heterocycles. The monoisotopic (exact) mass is 245 g/mol. The summed E-state index contributed by atoms with van der Waals surface area (Å²) in [6, 6.07) is 4.13. The molecule has 5 nitrogen and oxygen atoms in total. The second-order valence-corrected chi connectivity index (χ2v) is 3.48. The zero-order chi connectivity index (χ0) is 11.4. The molecule has 0 aliphatic rings. The van der Waals surface area contributed by atoms with Gasteiger partial charge in [0, 0.05) is 5.02 Å². The van der Waals surface area contributed by atoms with Gasteiger partial charge in [0.2, 0.25) is 0 Å². The molecule has 0 spiro atoms. The normalized spacial score (nSPS) is 9.40. The van der Waals surface area contributed by atoms with Crippen molar-refractivity contribution in [3.05, 3.63) is 28.8 Å². The summed E-state index contributed by atoms with van der Waals surface area (Å²) in [7, 11) is 0. The van der Waals surface area contributed by atoms with Gasteiger partial charge in [-0.25, -0.2) is 0 Å². The van der Waals surface area contributed by atoms with Crippen LogP contribution in [0.25, 0.3) is 0 Å². The van der Waals surface area contributed by atoms with E-state index in [1.165, 1.54) is 18.2 Å². The quantitative estimate of drug-likeness (QED) is 0.428. The number of thiocarbonyl (C=S) groups is 1. The van der Waals surface area contributed by atoms with Gasteiger partial charge in [0.15, 0.2) is 5.11 Å². The van der Waals surface area contributed by atoms with Crippen LogP contribution in [-0.4, -0.2) is 16.1 Å². The van der Waals surface area contributed by atoms with E-state index >= 15 is 0 Å². The molecule has 0 bridgehead atoms. The Morgan fingerprint density at radius 2 is 2.13 bits per heavy atom. The van der Waals surface area contributed by atoms with E-state index in [1.54, 1.807) is 0 Å². The number of carbonyl (C=O) groups excluding carboxylic acids is 1. The number of benzene rings is 1. The summed E-state index contributed by atoms with van der Waals surface area (Å²) in [5, 5.41) is 9.66. The largest absolute Gasteiger partial charge is 0.507 e. The van der Waals surface area contributed by atoms with Crippen LogP contribution in [0.4, 0.5) is 0 Å². The van der Waals surface area contributed by atoms with Gasteiger partial charge in [-0.3, -0.25) is 15.6 Å². The first-order valence-electron chi connectivity index (χ1n) is 3.85. The fourth-order valence-electron chi connectivity index (χ4n) is 0.883. The summed E-state index contributed by atoms with van der Waals surface area (Å²) in [5.41, 5.74) is 9.63. The average Bonchev–Trinajstić information content (AvgIpc) is 2.14. The predicted octanol–water partition coefficient (Wildman–Crippen LogP) is 0.524. The van der Waals surface area contributed by atoms with Crippen LogP contribution in [0, 0.1) is 0 Å². The fourth-order valence-corrected chi connectivity index (χ4v) is 1.10. The molecule has 0 aliphatic carbocycles. The first-order chi connectivity index (χ1) is 7.00. The highest BCUT2D eigenvalue weighted by Crippen LogP contribution is 2.21. The Kier molecular flexibility index (Phi) is 3.70. The Morgan fingerprint density at radius 1 is 1.47 bits per heavy atom. The number of nitrogens with two attached hydrogens (primary N) is 1. The Morgan fingerprint density at radius 3 is 2.67 bits per heavy atom. The molecule has 0 fully saturated rings. The predicted molar refractivity (Wildman–Crippen MR) is 60.5 cm³/mol. The number of rotatable bonds is 1. The summed E-state index contributed by atoms with van der Waals surface area (Å²) in [5.74, 6) is -0.776. The van der Waals surface area contributed by atoms with E-state index in [1.807, 2.05) is 0 Å². The van der Waals surface area contributed by atoms with Crippen molar-refractivity contribution in [1.82, 2.24) is 10.9 Å². The number of hydrogen-bond acceptors (Lipinski definition) is 3. The molecule has 0 saturated carbocycles. The molecule has 1 aromatic carbocycles. The van der Waals surface area contributed by atoms with E-state index in [0.717, 1.165) is 0 Å². The Bertz CT molecular complexity index is 411. The SMILES string of the molecule is NC(=S)NNC(=O)c1ccc(Cl)cc1O. The molecule has 1 amide bonds. The first-order valence-corrected chi connectivity index (χ1v) is 4.63. The van der Waals surface area contributed by atoms with Crippen molar-refractivity contribution < 1.29 is 9.90 Å². The van der Waals surface area contributed by atoms with E-state index in [-0.39, 0.29) is 16.4 Å². The number of phenolic OH excluding ortho intramolecular Hbond substituents is 1. The lowest BCUT2D eigenvalue weighted by atomic mass is 10.2. The molecule has 0 unspecified atom stereocenters. The minimum Gasteiger partial charge on any atom is -0.507 e. The van der Waals surface area contributed by atoms with Crippen molar-refractivity contribution in [1.29, 1.82) is 0 Å². The van der Waals surface area contributed by atoms with E-state index in [0.29, 0.717) is 5.02 Å². The molecule has 0 radical (unpaired) electrons. The van der Waals surface area contributed by atoms with Crippen molar-refractivity contribution in [2.24, 2.45) is 5.73 Å². The van der Waals surface area contributed by atoms with E-state index in [4.69, 9.17) is 17.3 Å². The minimum absolute atomic E-state index is 0.0724. The maximum absolute atomic E-state index is 11.4. The third-order valence-corrected chi connectivity index (χ3v) is 1.84. The molecule has 0 aliphatic heterocycles. The zero-order valence-electron chi connectivity index (χ0n) is 7.45. The summed E-state index contributed by atoms with van der Waals surface area (Å²) in [4.78, 5) is 11.4.